The third kappa shape index (κ3) is 4.31. The van der Waals surface area contributed by atoms with Gasteiger partial charge in [-0.2, -0.15) is 0 Å². The first kappa shape index (κ1) is 21.2. The van der Waals surface area contributed by atoms with Crippen LogP contribution in [0, 0.1) is 0 Å². The molecule has 0 aliphatic carbocycles. The molecule has 0 N–H and O–H groups in total. The molecule has 3 heterocycles. The van der Waals surface area contributed by atoms with Gasteiger partial charge in [0.15, 0.2) is 11.2 Å². The summed E-state index contributed by atoms with van der Waals surface area (Å²) in [5.74, 6) is 0.490. The zero-order chi connectivity index (χ0) is 22.1. The highest BCUT2D eigenvalue weighted by Gasteiger charge is 2.18. The van der Waals surface area contributed by atoms with Gasteiger partial charge >= 0.3 is 5.63 Å². The number of furan rings is 1. The topological polar surface area (TPSA) is 59.1 Å². The summed E-state index contributed by atoms with van der Waals surface area (Å²) in [7, 11) is 0. The number of ether oxygens (including phenoxy) is 1. The maximum absolute atomic E-state index is 11.7. The molecule has 5 rings (SSSR count). The number of anilines is 1. The van der Waals surface area contributed by atoms with Gasteiger partial charge in [0.2, 0.25) is 5.75 Å². The van der Waals surface area contributed by atoms with E-state index in [0.717, 1.165) is 55.6 Å². The molecule has 1 aliphatic rings. The molecular formula is C24H22Cl2N2O4. The minimum absolute atomic E-state index is 0.409. The number of piperazine rings is 1. The van der Waals surface area contributed by atoms with Crippen molar-refractivity contribution in [3.8, 4) is 5.75 Å². The largest absolute Gasteiger partial charge is 0.486 e. The van der Waals surface area contributed by atoms with Crippen LogP contribution in [0.1, 0.15) is 6.42 Å². The minimum atomic E-state index is -0.409. The number of hydrogen-bond donors (Lipinski definition) is 0. The van der Waals surface area contributed by atoms with E-state index in [0.29, 0.717) is 33.6 Å². The van der Waals surface area contributed by atoms with Crippen LogP contribution in [-0.4, -0.2) is 44.2 Å². The number of halogens is 2. The number of hydrogen-bond acceptors (Lipinski definition) is 6. The Kier molecular flexibility index (Phi) is 6.00. The van der Waals surface area contributed by atoms with E-state index in [1.54, 1.807) is 12.3 Å². The minimum Gasteiger partial charge on any atom is -0.486 e. The average Bonchev–Trinajstić information content (AvgIpc) is 3.27. The van der Waals surface area contributed by atoms with Crippen LogP contribution in [0.2, 0.25) is 10.0 Å². The van der Waals surface area contributed by atoms with Gasteiger partial charge in [0.25, 0.3) is 0 Å². The van der Waals surface area contributed by atoms with Crippen molar-refractivity contribution < 1.29 is 13.6 Å². The summed E-state index contributed by atoms with van der Waals surface area (Å²) < 4.78 is 17.1. The molecule has 1 aliphatic heterocycles. The highest BCUT2D eigenvalue weighted by molar-refractivity contribution is 6.42. The Labute approximate surface area is 194 Å². The highest BCUT2D eigenvalue weighted by atomic mass is 35.5. The smallest absolute Gasteiger partial charge is 0.336 e. The summed E-state index contributed by atoms with van der Waals surface area (Å²) in [6, 6.07) is 12.7. The zero-order valence-corrected chi connectivity index (χ0v) is 18.9. The fraction of sp³-hybridized carbons (Fsp3) is 0.292. The van der Waals surface area contributed by atoms with E-state index < -0.39 is 5.63 Å². The van der Waals surface area contributed by atoms with Gasteiger partial charge in [0, 0.05) is 55.2 Å². The lowest BCUT2D eigenvalue weighted by Crippen LogP contribution is -2.46. The quantitative estimate of drug-likeness (QED) is 0.275. The lowest BCUT2D eigenvalue weighted by atomic mass is 10.1. The van der Waals surface area contributed by atoms with Crippen molar-refractivity contribution in [3.05, 3.63) is 69.2 Å². The second-order valence-electron chi connectivity index (χ2n) is 7.85. The molecule has 4 aromatic rings. The van der Waals surface area contributed by atoms with Crippen molar-refractivity contribution in [1.29, 1.82) is 0 Å². The first-order chi connectivity index (χ1) is 15.6. The van der Waals surface area contributed by atoms with E-state index in [4.69, 9.17) is 36.8 Å². The third-order valence-electron chi connectivity index (χ3n) is 5.79. The Morgan fingerprint density at radius 1 is 0.906 bits per heavy atom. The summed E-state index contributed by atoms with van der Waals surface area (Å²) in [5.41, 5.74) is 1.72. The van der Waals surface area contributed by atoms with Crippen LogP contribution in [-0.2, 0) is 0 Å². The Morgan fingerprint density at radius 3 is 2.53 bits per heavy atom. The van der Waals surface area contributed by atoms with Crippen molar-refractivity contribution in [3.63, 3.8) is 0 Å². The zero-order valence-electron chi connectivity index (χ0n) is 17.4. The van der Waals surface area contributed by atoms with Crippen molar-refractivity contribution in [2.24, 2.45) is 0 Å². The molecule has 2 aromatic carbocycles. The Balaban J connectivity index is 1.18. The van der Waals surface area contributed by atoms with Crippen molar-refractivity contribution in [2.75, 3.05) is 44.2 Å². The SMILES string of the molecule is O=c1ccc2cc3ccoc3c(OCCCN3CCN(c4ccc(Cl)c(Cl)c4)CC3)c2o1. The maximum Gasteiger partial charge on any atom is 0.336 e. The lowest BCUT2D eigenvalue weighted by Gasteiger charge is -2.36. The predicted molar refractivity (Wildman–Crippen MR) is 127 cm³/mol. The molecule has 32 heavy (non-hydrogen) atoms. The molecule has 0 spiro atoms. The van der Waals surface area contributed by atoms with Gasteiger partial charge in [-0.15, -0.1) is 0 Å². The average molecular weight is 473 g/mol. The summed E-state index contributed by atoms with van der Waals surface area (Å²) in [6.07, 6.45) is 2.46. The molecule has 166 valence electrons. The number of fused-ring (bicyclic) bond motifs is 2. The number of benzene rings is 2. The van der Waals surface area contributed by atoms with Gasteiger partial charge in [0.1, 0.15) is 0 Å². The number of rotatable bonds is 6. The van der Waals surface area contributed by atoms with Crippen LogP contribution in [0.3, 0.4) is 0 Å². The summed E-state index contributed by atoms with van der Waals surface area (Å²) in [5, 5.41) is 2.89. The Morgan fingerprint density at radius 2 is 1.72 bits per heavy atom. The van der Waals surface area contributed by atoms with Crippen LogP contribution >= 0.6 is 23.2 Å². The molecule has 0 bridgehead atoms. The number of nitrogens with zero attached hydrogens (tertiary/aromatic N) is 2. The van der Waals surface area contributed by atoms with Gasteiger partial charge in [-0.05, 0) is 42.8 Å². The first-order valence-corrected chi connectivity index (χ1v) is 11.3. The molecule has 0 saturated carbocycles. The van der Waals surface area contributed by atoms with Crippen LogP contribution in [0.25, 0.3) is 21.9 Å². The fourth-order valence-corrected chi connectivity index (χ4v) is 4.40. The van der Waals surface area contributed by atoms with E-state index in [2.05, 4.69) is 9.80 Å². The van der Waals surface area contributed by atoms with E-state index in [9.17, 15) is 4.79 Å². The second-order valence-corrected chi connectivity index (χ2v) is 8.66. The third-order valence-corrected chi connectivity index (χ3v) is 6.53. The standard InChI is InChI=1S/C24H22Cl2N2O4/c25-19-4-3-18(15-20(19)26)28-10-8-27(9-11-28)7-1-12-30-24-22-17(6-13-31-22)14-16-2-5-21(29)32-23(16)24/h2-6,13-15H,1,7-12H2. The Hall–Kier alpha value is -2.67. The van der Waals surface area contributed by atoms with Crippen LogP contribution in [0.15, 0.2) is 62.4 Å². The van der Waals surface area contributed by atoms with E-state index in [1.807, 2.05) is 30.3 Å². The Bertz CT molecular complexity index is 1310. The second kappa shape index (κ2) is 9.06. The first-order valence-electron chi connectivity index (χ1n) is 10.6. The molecular weight excluding hydrogens is 451 g/mol. The molecule has 2 aromatic heterocycles. The van der Waals surface area contributed by atoms with Crippen molar-refractivity contribution >= 4 is 50.8 Å². The van der Waals surface area contributed by atoms with Crippen LogP contribution < -0.4 is 15.3 Å². The molecule has 1 saturated heterocycles. The van der Waals surface area contributed by atoms with E-state index in [1.165, 1.54) is 6.07 Å². The van der Waals surface area contributed by atoms with Crippen LogP contribution in [0.4, 0.5) is 5.69 Å². The molecule has 0 unspecified atom stereocenters. The molecule has 8 heteroatoms. The normalized spacial score (nSPS) is 15.0. The highest BCUT2D eigenvalue weighted by Crippen LogP contribution is 2.35. The van der Waals surface area contributed by atoms with E-state index >= 15 is 0 Å². The van der Waals surface area contributed by atoms with Gasteiger partial charge < -0.3 is 18.5 Å². The van der Waals surface area contributed by atoms with Crippen LogP contribution in [0.5, 0.6) is 5.75 Å². The van der Waals surface area contributed by atoms with Crippen molar-refractivity contribution in [2.45, 2.75) is 6.42 Å². The van der Waals surface area contributed by atoms with E-state index in [-0.39, 0.29) is 0 Å². The monoisotopic (exact) mass is 472 g/mol. The summed E-state index contributed by atoms with van der Waals surface area (Å²) in [4.78, 5) is 16.5. The maximum atomic E-state index is 11.7. The van der Waals surface area contributed by atoms with Gasteiger partial charge in [-0.1, -0.05) is 23.2 Å². The molecule has 1 fully saturated rings. The van der Waals surface area contributed by atoms with Crippen molar-refractivity contribution in [1.82, 2.24) is 4.90 Å². The van der Waals surface area contributed by atoms with Gasteiger partial charge in [-0.3, -0.25) is 4.90 Å². The molecule has 6 nitrogen and oxygen atoms in total. The summed E-state index contributed by atoms with van der Waals surface area (Å²) in [6.45, 7) is 5.21. The van der Waals surface area contributed by atoms with Gasteiger partial charge in [0.05, 0.1) is 22.9 Å². The molecule has 0 atom stereocenters. The predicted octanol–water partition coefficient (Wildman–Crippen LogP) is 5.44. The fourth-order valence-electron chi connectivity index (χ4n) is 4.11. The summed E-state index contributed by atoms with van der Waals surface area (Å²) >= 11 is 12.2. The molecule has 0 radical (unpaired) electrons. The molecule has 0 amide bonds. The lowest BCUT2D eigenvalue weighted by molar-refractivity contribution is 0.224. The van der Waals surface area contributed by atoms with Gasteiger partial charge in [-0.25, -0.2) is 4.79 Å².